The molecule has 45 heavy (non-hydrogen) atoms. The Morgan fingerprint density at radius 2 is 1.84 bits per heavy atom. The van der Waals surface area contributed by atoms with Gasteiger partial charge in [0.25, 0.3) is 0 Å². The van der Waals surface area contributed by atoms with Crippen molar-refractivity contribution in [1.82, 2.24) is 29.7 Å². The topological polar surface area (TPSA) is 85.0 Å². The van der Waals surface area contributed by atoms with Crippen LogP contribution in [0.4, 0.5) is 19.0 Å². The third kappa shape index (κ3) is 7.12. The molecule has 0 spiro atoms. The molecule has 2 aliphatic rings. The summed E-state index contributed by atoms with van der Waals surface area (Å²) in [6.07, 6.45) is -1.97. The van der Waals surface area contributed by atoms with Gasteiger partial charge in [0.15, 0.2) is 0 Å². The van der Waals surface area contributed by atoms with Crippen LogP contribution < -0.4 is 10.6 Å². The molecule has 2 aliphatic heterocycles. The van der Waals surface area contributed by atoms with E-state index in [1.165, 1.54) is 17.5 Å². The van der Waals surface area contributed by atoms with Crippen LogP contribution >= 0.6 is 11.3 Å². The monoisotopic (exact) mass is 638 g/mol. The second-order valence-electron chi connectivity index (χ2n) is 12.9. The Balaban J connectivity index is 1.10. The van der Waals surface area contributed by atoms with E-state index in [2.05, 4.69) is 80.9 Å². The van der Waals surface area contributed by atoms with Crippen molar-refractivity contribution in [3.8, 4) is 6.07 Å². The van der Waals surface area contributed by atoms with E-state index in [1.54, 1.807) is 6.07 Å². The van der Waals surface area contributed by atoms with Crippen LogP contribution in [0.2, 0.25) is 0 Å². The van der Waals surface area contributed by atoms with Crippen molar-refractivity contribution in [2.45, 2.75) is 90.4 Å². The van der Waals surface area contributed by atoms with E-state index >= 15 is 0 Å². The summed E-state index contributed by atoms with van der Waals surface area (Å²) in [6.45, 7) is 14.3. The van der Waals surface area contributed by atoms with Crippen molar-refractivity contribution in [3.63, 3.8) is 0 Å². The largest absolute Gasteiger partial charge is 0.393 e. The number of aromatic nitrogens is 3. The zero-order chi connectivity index (χ0) is 31.9. The van der Waals surface area contributed by atoms with Gasteiger partial charge in [-0.15, -0.1) is 11.3 Å². The van der Waals surface area contributed by atoms with Crippen LogP contribution in [0.25, 0.3) is 21.1 Å². The maximum absolute atomic E-state index is 12.9. The number of halogens is 3. The molecule has 8 nitrogen and oxygen atoms in total. The number of piperazine rings is 1. The Bertz CT molecular complexity index is 1690. The fraction of sp³-hybridized carbons (Fsp3) is 0.545. The van der Waals surface area contributed by atoms with Gasteiger partial charge in [0.05, 0.1) is 11.8 Å². The van der Waals surface area contributed by atoms with E-state index in [0.717, 1.165) is 74.3 Å². The van der Waals surface area contributed by atoms with Crippen LogP contribution in [0.1, 0.15) is 55.3 Å². The van der Waals surface area contributed by atoms with Gasteiger partial charge in [-0.3, -0.25) is 9.80 Å². The van der Waals surface area contributed by atoms with Gasteiger partial charge in [0.1, 0.15) is 28.7 Å². The molecule has 3 atom stereocenters. The van der Waals surface area contributed by atoms with E-state index in [9.17, 15) is 18.4 Å². The fourth-order valence-electron chi connectivity index (χ4n) is 7.07. The highest BCUT2D eigenvalue weighted by Gasteiger charge is 2.30. The van der Waals surface area contributed by atoms with E-state index < -0.39 is 12.6 Å². The van der Waals surface area contributed by atoms with Gasteiger partial charge in [-0.1, -0.05) is 6.07 Å². The number of nitrogens with one attached hydrogen (secondary N) is 2. The third-order valence-electron chi connectivity index (χ3n) is 9.31. The van der Waals surface area contributed by atoms with Crippen molar-refractivity contribution >= 4 is 38.3 Å². The molecule has 2 fully saturated rings. The molecular weight excluding hydrogens is 597 g/mol. The molecule has 2 saturated heterocycles. The Morgan fingerprint density at radius 3 is 2.53 bits per heavy atom. The van der Waals surface area contributed by atoms with Crippen LogP contribution in [0.3, 0.4) is 0 Å². The number of fused-ring (bicyclic) bond motifs is 2. The number of thiophene rings is 1. The van der Waals surface area contributed by atoms with E-state index in [4.69, 9.17) is 0 Å². The minimum Gasteiger partial charge on any atom is -0.367 e. The Morgan fingerprint density at radius 1 is 1.11 bits per heavy atom. The molecule has 6 rings (SSSR count). The lowest BCUT2D eigenvalue weighted by molar-refractivity contribution is -0.126. The smallest absolute Gasteiger partial charge is 0.367 e. The lowest BCUT2D eigenvalue weighted by Gasteiger charge is -2.40. The predicted molar refractivity (Wildman–Crippen MR) is 174 cm³/mol. The number of aryl methyl sites for hydroxylation is 1. The molecule has 2 N–H and O–H groups in total. The third-order valence-corrected chi connectivity index (χ3v) is 10.4. The maximum atomic E-state index is 12.9. The first-order chi connectivity index (χ1) is 21.5. The molecule has 0 saturated carbocycles. The minimum atomic E-state index is -4.25. The first-order valence-electron chi connectivity index (χ1n) is 15.8. The number of hydrogen-bond donors (Lipinski definition) is 2. The summed E-state index contributed by atoms with van der Waals surface area (Å²) in [5.74, 6) is 0.609. The molecular formula is C33H41F3N8S. The average molecular weight is 639 g/mol. The number of benzene rings is 1. The normalized spacial score (nSPS) is 21.4. The van der Waals surface area contributed by atoms with Crippen molar-refractivity contribution in [2.24, 2.45) is 0 Å². The number of nitriles is 1. The SMILES string of the molecule is Cc1c(CN2CCC(Nc3ncnc4sc(CC(F)(F)F)cc34)CC2)ccc2c1cc(C#N)n2CC(C)N1C[C@@H](C)N[C@H](C)C1. The molecule has 5 heterocycles. The molecule has 240 valence electrons. The van der Waals surface area contributed by atoms with Crippen molar-refractivity contribution in [2.75, 3.05) is 31.5 Å². The maximum Gasteiger partial charge on any atom is 0.393 e. The lowest BCUT2D eigenvalue weighted by atomic mass is 10.0. The minimum absolute atomic E-state index is 0.185. The van der Waals surface area contributed by atoms with Crippen LogP contribution in [-0.2, 0) is 19.5 Å². The van der Waals surface area contributed by atoms with E-state index in [1.807, 2.05) is 6.07 Å². The molecule has 0 aliphatic carbocycles. The number of nitrogens with zero attached hydrogens (tertiary/aromatic N) is 6. The van der Waals surface area contributed by atoms with Gasteiger partial charge in [-0.25, -0.2) is 9.97 Å². The standard InChI is InChI=1S/C33H41F3N8S/c1-20-15-43(16-21(2)40-20)22(3)17-44-26(14-37)11-28-23(4)24(5-6-30(28)44)18-42-9-7-25(8-10-42)41-31-29-12-27(13-33(34,35)36)45-32(29)39-19-38-31/h5-6,11-12,19-22,25,40H,7-10,13,15-18H2,1-4H3,(H,38,39,41)/t20-,21-,22?/m1/s1. The highest BCUT2D eigenvalue weighted by Crippen LogP contribution is 2.33. The number of likely N-dealkylation sites (tertiary alicyclic amines) is 1. The first-order valence-corrected chi connectivity index (χ1v) is 16.6. The van der Waals surface area contributed by atoms with Gasteiger partial charge < -0.3 is 15.2 Å². The summed E-state index contributed by atoms with van der Waals surface area (Å²) in [6, 6.07) is 11.8. The summed E-state index contributed by atoms with van der Waals surface area (Å²) in [5.41, 5.74) is 4.30. The summed E-state index contributed by atoms with van der Waals surface area (Å²) in [5, 5.41) is 18.9. The molecule has 4 aromatic rings. The van der Waals surface area contributed by atoms with E-state index in [0.29, 0.717) is 39.9 Å². The number of piperidine rings is 1. The Labute approximate surface area is 266 Å². The highest BCUT2D eigenvalue weighted by atomic mass is 32.1. The molecule has 1 aromatic carbocycles. The molecule has 3 aromatic heterocycles. The second kappa shape index (κ2) is 12.9. The fourth-order valence-corrected chi connectivity index (χ4v) is 8.09. The van der Waals surface area contributed by atoms with Crippen molar-refractivity contribution < 1.29 is 13.2 Å². The summed E-state index contributed by atoms with van der Waals surface area (Å²) in [7, 11) is 0. The van der Waals surface area contributed by atoms with Gasteiger partial charge in [-0.2, -0.15) is 18.4 Å². The number of hydrogen-bond acceptors (Lipinski definition) is 8. The van der Waals surface area contributed by atoms with Crippen molar-refractivity contribution in [1.29, 1.82) is 5.26 Å². The van der Waals surface area contributed by atoms with Crippen LogP contribution in [0, 0.1) is 18.3 Å². The summed E-state index contributed by atoms with van der Waals surface area (Å²) in [4.78, 5) is 14.4. The van der Waals surface area contributed by atoms with Gasteiger partial charge in [0.2, 0.25) is 0 Å². The quantitative estimate of drug-likeness (QED) is 0.242. The Kier molecular flexibility index (Phi) is 9.07. The lowest BCUT2D eigenvalue weighted by Crippen LogP contribution is -2.57. The van der Waals surface area contributed by atoms with Gasteiger partial charge in [-0.05, 0) is 69.9 Å². The number of rotatable bonds is 8. The summed E-state index contributed by atoms with van der Waals surface area (Å²) >= 11 is 1.07. The van der Waals surface area contributed by atoms with E-state index in [-0.39, 0.29) is 10.9 Å². The molecule has 0 radical (unpaired) electrons. The predicted octanol–water partition coefficient (Wildman–Crippen LogP) is 6.08. The van der Waals surface area contributed by atoms with Crippen LogP contribution in [0.15, 0.2) is 30.6 Å². The van der Waals surface area contributed by atoms with Gasteiger partial charge >= 0.3 is 6.18 Å². The van der Waals surface area contributed by atoms with Crippen LogP contribution in [-0.4, -0.2) is 80.9 Å². The highest BCUT2D eigenvalue weighted by molar-refractivity contribution is 7.18. The number of alkyl halides is 3. The second-order valence-corrected chi connectivity index (χ2v) is 14.1. The summed E-state index contributed by atoms with van der Waals surface area (Å²) < 4.78 is 41.0. The molecule has 1 unspecified atom stereocenters. The molecule has 12 heteroatoms. The molecule has 0 amide bonds. The molecule has 0 bridgehead atoms. The first kappa shape index (κ1) is 31.7. The number of anilines is 1. The van der Waals surface area contributed by atoms with Crippen molar-refractivity contribution in [3.05, 3.63) is 52.3 Å². The zero-order valence-electron chi connectivity index (χ0n) is 26.3. The van der Waals surface area contributed by atoms with Crippen LogP contribution in [0.5, 0.6) is 0 Å². The average Bonchev–Trinajstić information content (AvgIpc) is 3.55. The Hall–Kier alpha value is -3.24. The van der Waals surface area contributed by atoms with Gasteiger partial charge in [0, 0.05) is 79.2 Å². The zero-order valence-corrected chi connectivity index (χ0v) is 27.1.